The lowest BCUT2D eigenvalue weighted by molar-refractivity contribution is 0.174. The maximum atomic E-state index is 12.5. The van der Waals surface area contributed by atoms with Crippen LogP contribution in [0.4, 0.5) is 4.79 Å². The summed E-state index contributed by atoms with van der Waals surface area (Å²) in [6.07, 6.45) is 1.70. The van der Waals surface area contributed by atoms with E-state index in [2.05, 4.69) is 11.4 Å². The lowest BCUT2D eigenvalue weighted by Gasteiger charge is -2.18. The minimum Gasteiger partial charge on any atom is -0.496 e. The molecule has 2 aromatic carbocycles. The number of rotatable bonds is 5. The zero-order valence-electron chi connectivity index (χ0n) is 15.4. The van der Waals surface area contributed by atoms with Crippen molar-refractivity contribution in [1.82, 2.24) is 10.2 Å². The molecule has 0 bridgehead atoms. The van der Waals surface area contributed by atoms with Gasteiger partial charge in [-0.2, -0.15) is 0 Å². The number of carbonyl (C=O) groups excluding carboxylic acids is 1. The second kappa shape index (κ2) is 7.78. The predicted octanol–water partition coefficient (Wildman–Crippen LogP) is 3.17. The van der Waals surface area contributed by atoms with E-state index < -0.39 is 0 Å². The van der Waals surface area contributed by atoms with Gasteiger partial charge in [-0.1, -0.05) is 24.3 Å². The van der Waals surface area contributed by atoms with Gasteiger partial charge in [0.1, 0.15) is 5.75 Å². The molecule has 2 aliphatic rings. The van der Waals surface area contributed by atoms with Crippen LogP contribution >= 0.6 is 0 Å². The number of carbonyl (C=O) groups is 1. The highest BCUT2D eigenvalue weighted by Crippen LogP contribution is 2.37. The predicted molar refractivity (Wildman–Crippen MR) is 102 cm³/mol. The number of nitrogens with one attached hydrogen (secondary N) is 1. The summed E-state index contributed by atoms with van der Waals surface area (Å²) < 4.78 is 16.2. The van der Waals surface area contributed by atoms with Gasteiger partial charge in [-0.3, -0.25) is 0 Å². The monoisotopic (exact) mass is 368 g/mol. The van der Waals surface area contributed by atoms with E-state index in [4.69, 9.17) is 14.2 Å². The number of methoxy groups -OCH3 is 1. The number of hydrogen-bond donors (Lipinski definition) is 1. The number of nitrogens with zero attached hydrogens (tertiary/aromatic N) is 1. The van der Waals surface area contributed by atoms with E-state index in [1.165, 1.54) is 5.56 Å². The van der Waals surface area contributed by atoms with Crippen molar-refractivity contribution in [2.75, 3.05) is 33.5 Å². The molecule has 6 heteroatoms. The number of likely N-dealkylation sites (tertiary alicyclic amines) is 1. The fourth-order valence-corrected chi connectivity index (χ4v) is 3.71. The van der Waals surface area contributed by atoms with Gasteiger partial charge in [-0.25, -0.2) is 4.79 Å². The molecule has 2 aromatic rings. The minimum absolute atomic E-state index is 0.00635. The maximum Gasteiger partial charge on any atom is 0.317 e. The van der Waals surface area contributed by atoms with Gasteiger partial charge in [0.2, 0.25) is 6.79 Å². The zero-order valence-corrected chi connectivity index (χ0v) is 15.4. The molecule has 0 aliphatic carbocycles. The molecule has 1 unspecified atom stereocenters. The van der Waals surface area contributed by atoms with Crippen molar-refractivity contribution < 1.29 is 19.0 Å². The Labute approximate surface area is 159 Å². The molecule has 0 spiro atoms. The van der Waals surface area contributed by atoms with Crippen LogP contribution in [0.3, 0.4) is 0 Å². The lowest BCUT2D eigenvalue weighted by atomic mass is 9.98. The highest BCUT2D eigenvalue weighted by Gasteiger charge is 2.28. The maximum absolute atomic E-state index is 12.5. The topological polar surface area (TPSA) is 60.0 Å². The summed E-state index contributed by atoms with van der Waals surface area (Å²) in [6.45, 7) is 2.36. The van der Waals surface area contributed by atoms with Crippen molar-refractivity contribution >= 4 is 6.03 Å². The molecule has 6 nitrogen and oxygen atoms in total. The van der Waals surface area contributed by atoms with Crippen molar-refractivity contribution in [2.24, 2.45) is 0 Å². The van der Waals surface area contributed by atoms with E-state index >= 15 is 0 Å². The molecule has 4 rings (SSSR count). The van der Waals surface area contributed by atoms with E-state index in [1.54, 1.807) is 7.11 Å². The molecule has 0 saturated carbocycles. The van der Waals surface area contributed by atoms with Gasteiger partial charge < -0.3 is 24.4 Å². The van der Waals surface area contributed by atoms with Crippen LogP contribution in [0.1, 0.15) is 23.5 Å². The second-order valence-electron chi connectivity index (χ2n) is 6.84. The number of fused-ring (bicyclic) bond motifs is 1. The minimum atomic E-state index is -0.00635. The van der Waals surface area contributed by atoms with E-state index in [0.717, 1.165) is 48.7 Å². The van der Waals surface area contributed by atoms with Gasteiger partial charge in [0.05, 0.1) is 7.11 Å². The molecule has 2 heterocycles. The van der Waals surface area contributed by atoms with Crippen LogP contribution in [0, 0.1) is 0 Å². The van der Waals surface area contributed by atoms with E-state index in [-0.39, 0.29) is 12.8 Å². The van der Waals surface area contributed by atoms with Gasteiger partial charge in [-0.15, -0.1) is 0 Å². The van der Waals surface area contributed by atoms with Gasteiger partial charge in [-0.05, 0) is 42.2 Å². The molecule has 1 N–H and O–H groups in total. The van der Waals surface area contributed by atoms with Crippen LogP contribution in [0.25, 0.3) is 0 Å². The number of hydrogen-bond acceptors (Lipinski definition) is 4. The third kappa shape index (κ3) is 3.79. The third-order valence-corrected chi connectivity index (χ3v) is 5.21. The Balaban J connectivity index is 1.29. The Morgan fingerprint density at radius 3 is 2.96 bits per heavy atom. The van der Waals surface area contributed by atoms with E-state index in [9.17, 15) is 4.79 Å². The molecular formula is C21H24N2O4. The van der Waals surface area contributed by atoms with Crippen molar-refractivity contribution in [3.63, 3.8) is 0 Å². The summed E-state index contributed by atoms with van der Waals surface area (Å²) in [6, 6.07) is 13.9. The first-order valence-corrected chi connectivity index (χ1v) is 9.29. The molecular weight excluding hydrogens is 344 g/mol. The summed E-state index contributed by atoms with van der Waals surface area (Å²) in [4.78, 5) is 14.4. The van der Waals surface area contributed by atoms with Crippen molar-refractivity contribution in [3.05, 3.63) is 53.6 Å². The number of amides is 2. The molecule has 1 atom stereocenters. The first-order chi connectivity index (χ1) is 13.2. The number of para-hydroxylation sites is 1. The van der Waals surface area contributed by atoms with Crippen molar-refractivity contribution in [1.29, 1.82) is 0 Å². The molecule has 2 aliphatic heterocycles. The average molecular weight is 368 g/mol. The van der Waals surface area contributed by atoms with Gasteiger partial charge in [0.15, 0.2) is 11.5 Å². The number of urea groups is 1. The van der Waals surface area contributed by atoms with Crippen LogP contribution < -0.4 is 19.5 Å². The fourth-order valence-electron chi connectivity index (χ4n) is 3.71. The van der Waals surface area contributed by atoms with Crippen LogP contribution in [-0.2, 0) is 6.42 Å². The summed E-state index contributed by atoms with van der Waals surface area (Å²) in [5, 5.41) is 3.02. The van der Waals surface area contributed by atoms with Gasteiger partial charge >= 0.3 is 6.03 Å². The fraction of sp³-hybridized carbons (Fsp3) is 0.381. The summed E-state index contributed by atoms with van der Waals surface area (Å²) in [7, 11) is 1.66. The average Bonchev–Trinajstić information content (AvgIpc) is 3.37. The summed E-state index contributed by atoms with van der Waals surface area (Å²) in [5.74, 6) is 2.78. The van der Waals surface area contributed by atoms with Crippen LogP contribution in [-0.4, -0.2) is 44.5 Å². The highest BCUT2D eigenvalue weighted by atomic mass is 16.7. The lowest BCUT2D eigenvalue weighted by Crippen LogP contribution is -2.39. The number of ether oxygens (including phenoxy) is 3. The third-order valence-electron chi connectivity index (χ3n) is 5.21. The Bertz CT molecular complexity index is 824. The van der Waals surface area contributed by atoms with E-state index in [1.807, 2.05) is 41.3 Å². The first kappa shape index (κ1) is 17.5. The summed E-state index contributed by atoms with van der Waals surface area (Å²) in [5.41, 5.74) is 2.29. The van der Waals surface area contributed by atoms with Crippen LogP contribution in [0.2, 0.25) is 0 Å². The Morgan fingerprint density at radius 2 is 2.07 bits per heavy atom. The normalized spacial score (nSPS) is 17.8. The van der Waals surface area contributed by atoms with Crippen molar-refractivity contribution in [2.45, 2.75) is 18.8 Å². The zero-order chi connectivity index (χ0) is 18.6. The second-order valence-corrected chi connectivity index (χ2v) is 6.84. The molecule has 0 radical (unpaired) electrons. The Morgan fingerprint density at radius 1 is 1.22 bits per heavy atom. The van der Waals surface area contributed by atoms with Gasteiger partial charge in [0.25, 0.3) is 0 Å². The van der Waals surface area contributed by atoms with Crippen LogP contribution in [0.15, 0.2) is 42.5 Å². The highest BCUT2D eigenvalue weighted by molar-refractivity contribution is 5.74. The molecule has 0 aromatic heterocycles. The smallest absolute Gasteiger partial charge is 0.317 e. The van der Waals surface area contributed by atoms with Crippen molar-refractivity contribution in [3.8, 4) is 17.2 Å². The molecule has 1 fully saturated rings. The molecule has 2 amide bonds. The number of benzene rings is 2. The first-order valence-electron chi connectivity index (χ1n) is 9.29. The molecule has 142 valence electrons. The summed E-state index contributed by atoms with van der Waals surface area (Å²) >= 11 is 0. The molecule has 27 heavy (non-hydrogen) atoms. The Kier molecular flexibility index (Phi) is 5.05. The Hall–Kier alpha value is -2.89. The van der Waals surface area contributed by atoms with Gasteiger partial charge in [0, 0.05) is 25.6 Å². The van der Waals surface area contributed by atoms with E-state index in [0.29, 0.717) is 12.5 Å². The largest absolute Gasteiger partial charge is 0.496 e. The van der Waals surface area contributed by atoms with Crippen LogP contribution in [0.5, 0.6) is 17.2 Å². The quantitative estimate of drug-likeness (QED) is 0.881. The standard InChI is InChI=1S/C21H24N2O4/c1-25-18-5-3-2-4-15(18)8-10-22-21(24)23-11-9-17(13-23)16-6-7-19-20(12-16)27-14-26-19/h2-7,12,17H,8-11,13-14H2,1H3,(H,22,24). The molecule has 1 saturated heterocycles. The SMILES string of the molecule is COc1ccccc1CCNC(=O)N1CCC(c2ccc3c(c2)OCO3)C1.